The molecule has 1 aromatic rings. The van der Waals surface area contributed by atoms with E-state index >= 15 is 0 Å². The minimum Gasteiger partial charge on any atom is -0.348 e. The molecule has 2 fully saturated rings. The number of piperazine rings is 1. The maximum Gasteiger partial charge on any atom is 0.234 e. The fraction of sp³-hybridized carbons (Fsp3) is 0.611. The third-order valence-electron chi connectivity index (χ3n) is 4.96. The van der Waals surface area contributed by atoms with Crippen molar-refractivity contribution in [3.05, 3.63) is 35.9 Å². The van der Waals surface area contributed by atoms with Crippen molar-refractivity contribution in [2.45, 2.75) is 25.4 Å². The van der Waals surface area contributed by atoms with E-state index in [0.29, 0.717) is 12.6 Å². The lowest BCUT2D eigenvalue weighted by atomic mass is 10.1. The van der Waals surface area contributed by atoms with Gasteiger partial charge < -0.3 is 10.6 Å². The quantitative estimate of drug-likeness (QED) is 0.845. The third kappa shape index (κ3) is 4.53. The van der Waals surface area contributed by atoms with Crippen LogP contribution in [0.1, 0.15) is 24.9 Å². The van der Waals surface area contributed by atoms with Crippen LogP contribution in [0.4, 0.5) is 0 Å². The maximum atomic E-state index is 12.3. The molecule has 2 atom stereocenters. The van der Waals surface area contributed by atoms with E-state index in [0.717, 1.165) is 44.8 Å². The van der Waals surface area contributed by atoms with Crippen molar-refractivity contribution in [2.75, 3.05) is 45.8 Å². The summed E-state index contributed by atoms with van der Waals surface area (Å²) in [5, 5.41) is 6.51. The van der Waals surface area contributed by atoms with Crippen molar-refractivity contribution >= 4 is 5.91 Å². The molecule has 0 aromatic heterocycles. The number of nitrogens with one attached hydrogen (secondary N) is 2. The van der Waals surface area contributed by atoms with Gasteiger partial charge in [-0.15, -0.1) is 0 Å². The number of hydrogen-bond donors (Lipinski definition) is 2. The summed E-state index contributed by atoms with van der Waals surface area (Å²) in [6.07, 6.45) is 1.18. The number of benzene rings is 1. The van der Waals surface area contributed by atoms with E-state index in [1.54, 1.807) is 0 Å². The van der Waals surface area contributed by atoms with E-state index in [1.807, 2.05) is 25.1 Å². The molecule has 0 radical (unpaired) electrons. The zero-order valence-corrected chi connectivity index (χ0v) is 14.0. The van der Waals surface area contributed by atoms with Crippen molar-refractivity contribution in [1.82, 2.24) is 20.4 Å². The Kier molecular flexibility index (Phi) is 5.65. The topological polar surface area (TPSA) is 47.6 Å². The fourth-order valence-corrected chi connectivity index (χ4v) is 3.62. The van der Waals surface area contributed by atoms with Gasteiger partial charge >= 0.3 is 0 Å². The van der Waals surface area contributed by atoms with Crippen LogP contribution in [0.15, 0.2) is 30.3 Å². The molecule has 3 rings (SSSR count). The normalized spacial score (nSPS) is 24.5. The number of likely N-dealkylation sites (tertiary alicyclic amines) is 1. The molecule has 2 unspecified atom stereocenters. The number of carbonyl (C=O) groups excluding carboxylic acids is 1. The van der Waals surface area contributed by atoms with Gasteiger partial charge in [0.1, 0.15) is 0 Å². The van der Waals surface area contributed by atoms with Gasteiger partial charge in [-0.25, -0.2) is 0 Å². The Morgan fingerprint density at radius 2 is 2.00 bits per heavy atom. The number of rotatable bonds is 5. The van der Waals surface area contributed by atoms with Gasteiger partial charge in [0.2, 0.25) is 5.91 Å². The lowest BCUT2D eigenvalue weighted by Gasteiger charge is -2.32. The molecule has 2 aliphatic heterocycles. The molecule has 0 aliphatic carbocycles. The number of hydrogen-bond acceptors (Lipinski definition) is 4. The number of carbonyl (C=O) groups is 1. The second-order valence-electron chi connectivity index (χ2n) is 6.66. The Morgan fingerprint density at radius 3 is 2.74 bits per heavy atom. The lowest BCUT2D eigenvalue weighted by molar-refractivity contribution is -0.122. The zero-order chi connectivity index (χ0) is 16.1. The maximum absolute atomic E-state index is 12.3. The Hall–Kier alpha value is -1.43. The minimum absolute atomic E-state index is 0.0651. The van der Waals surface area contributed by atoms with Gasteiger partial charge in [-0.2, -0.15) is 0 Å². The molecule has 5 nitrogen and oxygen atoms in total. The van der Waals surface area contributed by atoms with Crippen molar-refractivity contribution in [3.63, 3.8) is 0 Å². The highest BCUT2D eigenvalue weighted by Crippen LogP contribution is 2.16. The number of amides is 1. The van der Waals surface area contributed by atoms with Gasteiger partial charge in [-0.05, 0) is 18.9 Å². The molecular formula is C18H28N4O. The van der Waals surface area contributed by atoms with E-state index in [2.05, 4.69) is 32.6 Å². The molecule has 2 aliphatic rings. The van der Waals surface area contributed by atoms with Crippen LogP contribution in [0.3, 0.4) is 0 Å². The van der Waals surface area contributed by atoms with E-state index in [1.165, 1.54) is 6.42 Å². The first-order chi connectivity index (χ1) is 11.2. The second kappa shape index (κ2) is 7.90. The van der Waals surface area contributed by atoms with Crippen molar-refractivity contribution < 1.29 is 4.79 Å². The van der Waals surface area contributed by atoms with E-state index < -0.39 is 0 Å². The molecule has 2 saturated heterocycles. The average Bonchev–Trinajstić information content (AvgIpc) is 3.04. The summed E-state index contributed by atoms with van der Waals surface area (Å²) in [4.78, 5) is 17.2. The standard InChI is InChI=1S/C18H28N4O/c1-15(16-5-3-2-4-6-16)20-18(23)14-21-10-7-17(13-21)22-11-8-19-9-12-22/h2-6,15,17,19H,7-14H2,1H3,(H,20,23). The first-order valence-corrected chi connectivity index (χ1v) is 8.74. The summed E-state index contributed by atoms with van der Waals surface area (Å²) in [6, 6.07) is 10.8. The molecule has 126 valence electrons. The number of nitrogens with zero attached hydrogens (tertiary/aromatic N) is 2. The Balaban J connectivity index is 1.43. The molecule has 0 saturated carbocycles. The summed E-state index contributed by atoms with van der Waals surface area (Å²) < 4.78 is 0. The highest BCUT2D eigenvalue weighted by atomic mass is 16.2. The SMILES string of the molecule is CC(NC(=O)CN1CCC(N2CCNCC2)C1)c1ccccc1. The van der Waals surface area contributed by atoms with Crippen LogP contribution in [-0.4, -0.2) is 67.6 Å². The van der Waals surface area contributed by atoms with Crippen LogP contribution in [0, 0.1) is 0 Å². The minimum atomic E-state index is 0.0651. The van der Waals surface area contributed by atoms with Gasteiger partial charge in [0.05, 0.1) is 12.6 Å². The van der Waals surface area contributed by atoms with E-state index in [9.17, 15) is 4.79 Å². The predicted octanol–water partition coefficient (Wildman–Crippen LogP) is 0.843. The molecule has 1 amide bonds. The first kappa shape index (κ1) is 16.4. The van der Waals surface area contributed by atoms with Crippen LogP contribution in [0.25, 0.3) is 0 Å². The summed E-state index contributed by atoms with van der Waals surface area (Å²) in [7, 11) is 0. The molecule has 5 heteroatoms. The molecular weight excluding hydrogens is 288 g/mol. The highest BCUT2D eigenvalue weighted by Gasteiger charge is 2.29. The molecule has 23 heavy (non-hydrogen) atoms. The zero-order valence-electron chi connectivity index (χ0n) is 14.0. The van der Waals surface area contributed by atoms with E-state index in [4.69, 9.17) is 0 Å². The first-order valence-electron chi connectivity index (χ1n) is 8.74. The molecule has 2 heterocycles. The van der Waals surface area contributed by atoms with E-state index in [-0.39, 0.29) is 11.9 Å². The largest absolute Gasteiger partial charge is 0.348 e. The summed E-state index contributed by atoms with van der Waals surface area (Å²) in [5.74, 6) is 0.127. The van der Waals surface area contributed by atoms with Crippen LogP contribution >= 0.6 is 0 Å². The lowest BCUT2D eigenvalue weighted by Crippen LogP contribution is -2.49. The summed E-state index contributed by atoms with van der Waals surface area (Å²) in [5.41, 5.74) is 1.15. The molecule has 0 spiro atoms. The Labute approximate surface area is 139 Å². The van der Waals surface area contributed by atoms with Crippen LogP contribution < -0.4 is 10.6 Å². The fourth-order valence-electron chi connectivity index (χ4n) is 3.62. The van der Waals surface area contributed by atoms with Crippen molar-refractivity contribution in [3.8, 4) is 0 Å². The van der Waals surface area contributed by atoms with Gasteiger partial charge in [0.15, 0.2) is 0 Å². The monoisotopic (exact) mass is 316 g/mol. The molecule has 2 N–H and O–H groups in total. The van der Waals surface area contributed by atoms with Gasteiger partial charge in [0, 0.05) is 45.3 Å². The summed E-state index contributed by atoms with van der Waals surface area (Å²) in [6.45, 7) is 9.05. The molecule has 1 aromatic carbocycles. The average molecular weight is 316 g/mol. The van der Waals surface area contributed by atoms with Crippen LogP contribution in [0.2, 0.25) is 0 Å². The summed E-state index contributed by atoms with van der Waals surface area (Å²) >= 11 is 0. The predicted molar refractivity (Wildman–Crippen MR) is 92.3 cm³/mol. The van der Waals surface area contributed by atoms with Gasteiger partial charge in [-0.1, -0.05) is 30.3 Å². The third-order valence-corrected chi connectivity index (χ3v) is 4.96. The van der Waals surface area contributed by atoms with Gasteiger partial charge in [0.25, 0.3) is 0 Å². The Morgan fingerprint density at radius 1 is 1.26 bits per heavy atom. The van der Waals surface area contributed by atoms with Crippen molar-refractivity contribution in [1.29, 1.82) is 0 Å². The highest BCUT2D eigenvalue weighted by molar-refractivity contribution is 5.78. The smallest absolute Gasteiger partial charge is 0.234 e. The van der Waals surface area contributed by atoms with Crippen molar-refractivity contribution in [2.24, 2.45) is 0 Å². The Bertz CT molecular complexity index is 501. The van der Waals surface area contributed by atoms with Gasteiger partial charge in [-0.3, -0.25) is 14.6 Å². The second-order valence-corrected chi connectivity index (χ2v) is 6.66. The van der Waals surface area contributed by atoms with Crippen LogP contribution in [0.5, 0.6) is 0 Å². The van der Waals surface area contributed by atoms with Crippen LogP contribution in [-0.2, 0) is 4.79 Å². The molecule has 0 bridgehead atoms.